The Labute approximate surface area is 145 Å². The summed E-state index contributed by atoms with van der Waals surface area (Å²) in [6.07, 6.45) is 10.4. The number of pyridine rings is 1. The molecule has 124 valence electrons. The molecule has 2 N–H and O–H groups in total. The van der Waals surface area contributed by atoms with Crippen LogP contribution in [-0.4, -0.2) is 10.2 Å². The quantitative estimate of drug-likeness (QED) is 0.598. The van der Waals surface area contributed by atoms with Crippen molar-refractivity contribution in [1.29, 1.82) is 0 Å². The lowest BCUT2D eigenvalue weighted by Crippen LogP contribution is -1.92. The zero-order chi connectivity index (χ0) is 16.7. The van der Waals surface area contributed by atoms with E-state index in [1.807, 2.05) is 12.4 Å². The molecule has 0 saturated carbocycles. The van der Waals surface area contributed by atoms with E-state index in [0.717, 1.165) is 0 Å². The van der Waals surface area contributed by atoms with Gasteiger partial charge in [-0.3, -0.25) is 10.1 Å². The topological polar surface area (TPSA) is 38.9 Å². The van der Waals surface area contributed by atoms with E-state index >= 15 is 0 Å². The van der Waals surface area contributed by atoms with Gasteiger partial charge >= 0.3 is 0 Å². The number of fused-ring (bicyclic) bond motifs is 1. The molecule has 0 unspecified atom stereocenters. The van der Waals surface area contributed by atoms with E-state index in [-0.39, 0.29) is 0 Å². The van der Waals surface area contributed by atoms with Gasteiger partial charge < -0.3 is 0 Å². The van der Waals surface area contributed by atoms with E-state index in [1.165, 1.54) is 60.7 Å². The molecule has 1 aromatic carbocycles. The Morgan fingerprint density at radius 3 is 2.30 bits per heavy atom. The maximum atomic E-state index is 5.09. The summed E-state index contributed by atoms with van der Waals surface area (Å²) in [6, 6.07) is 9.15. The van der Waals surface area contributed by atoms with Gasteiger partial charge in [-0.15, -0.1) is 0 Å². The van der Waals surface area contributed by atoms with Gasteiger partial charge in [-0.05, 0) is 60.9 Å². The van der Waals surface area contributed by atoms with Crippen LogP contribution in [0, 0.1) is 6.92 Å². The molecule has 0 spiro atoms. The number of hydrogen-bond acceptors (Lipinski definition) is 3. The zero-order valence-electron chi connectivity index (χ0n) is 14.5. The monoisotopic (exact) mass is 328 g/mol. The molecular weight excluding hydrogens is 300 g/mol. The lowest BCUT2D eigenvalue weighted by Gasteiger charge is -2.09. The number of rotatable bonds is 2. The third-order valence-corrected chi connectivity index (χ3v) is 4.62. The minimum atomic E-state index is 0.579. The van der Waals surface area contributed by atoms with E-state index < -0.39 is 0 Å². The van der Waals surface area contributed by atoms with Gasteiger partial charge in [0.05, 0.1) is 0 Å². The van der Waals surface area contributed by atoms with Crippen molar-refractivity contribution < 1.29 is 0 Å². The molecule has 2 aromatic rings. The molecule has 0 bridgehead atoms. The summed E-state index contributed by atoms with van der Waals surface area (Å²) < 4.78 is 0. The molecular formula is C20H28N2S. The Balaban J connectivity index is 0.000000338. The maximum absolute atomic E-state index is 5.09. The van der Waals surface area contributed by atoms with Crippen molar-refractivity contribution in [2.75, 3.05) is 0 Å². The number of aromatic nitrogens is 1. The summed E-state index contributed by atoms with van der Waals surface area (Å²) >= 11 is 1.38. The summed E-state index contributed by atoms with van der Waals surface area (Å²) in [5.74, 6) is 0. The lowest BCUT2D eigenvalue weighted by molar-refractivity contribution is 0.711. The van der Waals surface area contributed by atoms with Gasteiger partial charge in [0.2, 0.25) is 0 Å². The smallest absolute Gasteiger partial charge is 0.0346 e. The Hall–Kier alpha value is -1.32. The van der Waals surface area contributed by atoms with Gasteiger partial charge in [0.15, 0.2) is 0 Å². The van der Waals surface area contributed by atoms with E-state index in [4.69, 9.17) is 5.14 Å². The van der Waals surface area contributed by atoms with Crippen LogP contribution in [0.4, 0.5) is 0 Å². The van der Waals surface area contributed by atoms with E-state index in [0.29, 0.717) is 5.25 Å². The van der Waals surface area contributed by atoms with Gasteiger partial charge in [-0.2, -0.15) is 0 Å². The fourth-order valence-corrected chi connectivity index (χ4v) is 2.80. The fourth-order valence-electron chi connectivity index (χ4n) is 2.80. The van der Waals surface area contributed by atoms with Crippen molar-refractivity contribution in [3.8, 4) is 11.1 Å². The largest absolute Gasteiger partial charge is 0.278 e. The second-order valence-electron chi connectivity index (χ2n) is 6.48. The van der Waals surface area contributed by atoms with Gasteiger partial charge in [-0.1, -0.05) is 50.4 Å². The van der Waals surface area contributed by atoms with Crippen LogP contribution in [0.25, 0.3) is 11.1 Å². The molecule has 2 nitrogen and oxygen atoms in total. The second kappa shape index (κ2) is 9.09. The predicted octanol–water partition coefficient (Wildman–Crippen LogP) is 5.33. The summed E-state index contributed by atoms with van der Waals surface area (Å²) in [6.45, 7) is 6.22. The minimum Gasteiger partial charge on any atom is -0.278 e. The van der Waals surface area contributed by atoms with Gasteiger partial charge in [0.25, 0.3) is 0 Å². The summed E-state index contributed by atoms with van der Waals surface area (Å²) in [5.41, 5.74) is 6.87. The molecule has 0 radical (unpaired) electrons. The summed E-state index contributed by atoms with van der Waals surface area (Å²) in [5, 5.41) is 5.67. The van der Waals surface area contributed by atoms with Gasteiger partial charge in [0.1, 0.15) is 0 Å². The number of benzene rings is 1. The van der Waals surface area contributed by atoms with E-state index in [9.17, 15) is 0 Å². The highest BCUT2D eigenvalue weighted by atomic mass is 32.2. The van der Waals surface area contributed by atoms with Crippen LogP contribution < -0.4 is 5.14 Å². The molecule has 1 heterocycles. The first-order valence-corrected chi connectivity index (χ1v) is 9.44. The molecule has 0 amide bonds. The van der Waals surface area contributed by atoms with E-state index in [2.05, 4.69) is 50.0 Å². The maximum Gasteiger partial charge on any atom is 0.0346 e. The average Bonchev–Trinajstić information content (AvgIpc) is 2.80. The first-order valence-electron chi connectivity index (χ1n) is 8.49. The fraction of sp³-hybridized carbons (Fsp3) is 0.450. The molecule has 0 saturated heterocycles. The second-order valence-corrected chi connectivity index (χ2v) is 7.69. The molecule has 1 aliphatic carbocycles. The number of aryl methyl sites for hydroxylation is 3. The molecule has 3 heteroatoms. The number of nitrogens with zero attached hydrogens (tertiary/aromatic N) is 1. The van der Waals surface area contributed by atoms with Crippen molar-refractivity contribution in [2.45, 2.75) is 58.1 Å². The van der Waals surface area contributed by atoms with Crippen LogP contribution in [0.1, 0.15) is 49.8 Å². The first kappa shape index (κ1) is 18.0. The van der Waals surface area contributed by atoms with Gasteiger partial charge in [0, 0.05) is 23.2 Å². The summed E-state index contributed by atoms with van der Waals surface area (Å²) in [7, 11) is 0. The van der Waals surface area contributed by atoms with Crippen LogP contribution in [0.15, 0.2) is 36.7 Å². The molecule has 1 aromatic heterocycles. The van der Waals surface area contributed by atoms with Crippen molar-refractivity contribution in [1.82, 2.24) is 4.98 Å². The lowest BCUT2D eigenvalue weighted by atomic mass is 9.97. The zero-order valence-corrected chi connectivity index (χ0v) is 15.3. The minimum absolute atomic E-state index is 0.579. The SMILES string of the molecule is CC(C)SN.Cc1cncc(-c2ccc3c(c2)CCCCC3)c1. The van der Waals surface area contributed by atoms with Crippen LogP contribution in [-0.2, 0) is 12.8 Å². The molecule has 1 aliphatic rings. The highest BCUT2D eigenvalue weighted by molar-refractivity contribution is 7.97. The van der Waals surface area contributed by atoms with Gasteiger partial charge in [-0.25, -0.2) is 0 Å². The Bertz CT molecular complexity index is 623. The standard InChI is InChI=1S/C17H19N.C3H9NS/c1-13-9-17(12-18-11-13)16-8-7-14-5-3-2-4-6-15(14)10-16;1-3(2)5-4/h7-12H,2-6H2,1H3;3H,4H2,1-2H3. The van der Waals surface area contributed by atoms with E-state index in [1.54, 1.807) is 11.1 Å². The number of hydrogen-bond donors (Lipinski definition) is 1. The van der Waals surface area contributed by atoms with Crippen LogP contribution in [0.3, 0.4) is 0 Å². The molecule has 0 atom stereocenters. The van der Waals surface area contributed by atoms with Crippen molar-refractivity contribution in [3.63, 3.8) is 0 Å². The third-order valence-electron chi connectivity index (χ3n) is 4.08. The average molecular weight is 329 g/mol. The van der Waals surface area contributed by atoms with Crippen molar-refractivity contribution >= 4 is 11.9 Å². The summed E-state index contributed by atoms with van der Waals surface area (Å²) in [4.78, 5) is 4.29. The Morgan fingerprint density at radius 2 is 1.65 bits per heavy atom. The van der Waals surface area contributed by atoms with Crippen LogP contribution in [0.5, 0.6) is 0 Å². The molecule has 0 fully saturated rings. The van der Waals surface area contributed by atoms with Crippen LogP contribution in [0.2, 0.25) is 0 Å². The highest BCUT2D eigenvalue weighted by Crippen LogP contribution is 2.26. The van der Waals surface area contributed by atoms with Crippen LogP contribution >= 0.6 is 11.9 Å². The predicted molar refractivity (Wildman–Crippen MR) is 103 cm³/mol. The normalized spacial score (nSPS) is 13.8. The van der Waals surface area contributed by atoms with Crippen molar-refractivity contribution in [3.05, 3.63) is 53.3 Å². The molecule has 0 aliphatic heterocycles. The third kappa shape index (κ3) is 5.67. The molecule has 23 heavy (non-hydrogen) atoms. The first-order chi connectivity index (χ1) is 11.1. The highest BCUT2D eigenvalue weighted by Gasteiger charge is 2.09. The molecule has 3 rings (SSSR count). The Kier molecular flexibility index (Phi) is 7.13. The number of nitrogens with two attached hydrogens (primary N) is 1. The van der Waals surface area contributed by atoms with Crippen molar-refractivity contribution in [2.24, 2.45) is 5.14 Å². The Morgan fingerprint density at radius 1 is 0.957 bits per heavy atom.